The van der Waals surface area contributed by atoms with Crippen LogP contribution in [0.5, 0.6) is 0 Å². The summed E-state index contributed by atoms with van der Waals surface area (Å²) in [7, 11) is 0. The number of rotatable bonds is 8. The Morgan fingerprint density at radius 2 is 1.81 bits per heavy atom. The molecule has 0 spiro atoms. The predicted octanol–water partition coefficient (Wildman–Crippen LogP) is 0.386. The molecule has 2 aromatic carbocycles. The Hall–Kier alpha value is -2.33. The van der Waals surface area contributed by atoms with Crippen LogP contribution in [0.2, 0.25) is 0 Å². The van der Waals surface area contributed by atoms with Gasteiger partial charge < -0.3 is 26.4 Å². The fourth-order valence-corrected chi connectivity index (χ4v) is 3.15. The van der Waals surface area contributed by atoms with Gasteiger partial charge in [0.1, 0.15) is 6.04 Å². The number of amides is 1. The van der Waals surface area contributed by atoms with E-state index in [1.165, 1.54) is 6.07 Å². The van der Waals surface area contributed by atoms with Crippen molar-refractivity contribution in [1.82, 2.24) is 5.32 Å². The number of nitrogens with one attached hydrogen (secondary N) is 1. The second kappa shape index (κ2) is 8.86. The smallest absolute Gasteiger partial charge is 0.320 e. The van der Waals surface area contributed by atoms with E-state index in [2.05, 4.69) is 5.32 Å². The van der Waals surface area contributed by atoms with Crippen LogP contribution in [0.4, 0.5) is 0 Å². The second-order valence-corrected chi connectivity index (χ2v) is 6.74. The number of aliphatic carboxylic acids is 1. The summed E-state index contributed by atoms with van der Waals surface area (Å²) in [6.45, 7) is 0.130. The Bertz CT molecular complexity index is 842. The van der Waals surface area contributed by atoms with Crippen LogP contribution >= 0.6 is 0 Å². The summed E-state index contributed by atoms with van der Waals surface area (Å²) in [4.78, 5) is 22.6. The highest BCUT2D eigenvalue weighted by molar-refractivity contribution is 7.79. The monoisotopic (exact) mass is 378 g/mol. The Morgan fingerprint density at radius 1 is 1.15 bits per heavy atom. The highest BCUT2D eigenvalue weighted by Gasteiger charge is 2.15. The van der Waals surface area contributed by atoms with Gasteiger partial charge in [-0.25, -0.2) is 0 Å². The van der Waals surface area contributed by atoms with E-state index >= 15 is 0 Å². The van der Waals surface area contributed by atoms with Crippen molar-refractivity contribution in [2.75, 3.05) is 6.54 Å². The minimum atomic E-state index is -2.37. The third-order valence-electron chi connectivity index (χ3n) is 4.01. The van der Waals surface area contributed by atoms with Crippen molar-refractivity contribution in [1.29, 1.82) is 0 Å². The van der Waals surface area contributed by atoms with Gasteiger partial charge in [0.15, 0.2) is 0 Å². The molecule has 0 heterocycles. The zero-order valence-electron chi connectivity index (χ0n) is 13.9. The first-order chi connectivity index (χ1) is 12.3. The largest absolute Gasteiger partial charge is 0.768 e. The molecule has 9 heteroatoms. The Labute approximate surface area is 152 Å². The van der Waals surface area contributed by atoms with Crippen molar-refractivity contribution >= 4 is 33.7 Å². The molecule has 2 aromatic rings. The molecule has 2 rings (SSSR count). The van der Waals surface area contributed by atoms with Gasteiger partial charge in [-0.15, -0.1) is 0 Å². The number of carboxylic acid groups (broad SMARTS) is 1. The average Bonchev–Trinajstić information content (AvgIpc) is 2.62. The summed E-state index contributed by atoms with van der Waals surface area (Å²) in [5, 5.41) is 12.6. The first kappa shape index (κ1) is 20.0. The molecule has 1 amide bonds. The van der Waals surface area contributed by atoms with Gasteiger partial charge in [0.25, 0.3) is 0 Å². The molecule has 0 radical (unpaired) electrons. The SMILES string of the molecule is NC(CNC(=O)CC[C@H](N)C(=O)O)c1cccc2c(S(=O)[O-])cccc12. The summed E-state index contributed by atoms with van der Waals surface area (Å²) >= 11 is -2.37. The quantitative estimate of drug-likeness (QED) is 0.483. The van der Waals surface area contributed by atoms with E-state index in [1.54, 1.807) is 30.3 Å². The average molecular weight is 378 g/mol. The van der Waals surface area contributed by atoms with E-state index in [1.807, 2.05) is 0 Å². The van der Waals surface area contributed by atoms with Crippen LogP contribution in [0.25, 0.3) is 10.8 Å². The molecule has 0 aliphatic carbocycles. The molecule has 0 aliphatic rings. The van der Waals surface area contributed by atoms with Crippen molar-refractivity contribution in [3.63, 3.8) is 0 Å². The van der Waals surface area contributed by atoms with Crippen LogP contribution in [-0.4, -0.2) is 38.3 Å². The lowest BCUT2D eigenvalue weighted by Gasteiger charge is -2.17. The van der Waals surface area contributed by atoms with Gasteiger partial charge in [0, 0.05) is 23.9 Å². The highest BCUT2D eigenvalue weighted by atomic mass is 32.2. The normalized spacial score (nSPS) is 14.6. The van der Waals surface area contributed by atoms with Gasteiger partial charge in [-0.05, 0) is 39.9 Å². The topological polar surface area (TPSA) is 159 Å². The number of carbonyl (C=O) groups is 2. The van der Waals surface area contributed by atoms with Crippen LogP contribution in [0.1, 0.15) is 24.4 Å². The molecule has 26 heavy (non-hydrogen) atoms. The van der Waals surface area contributed by atoms with Gasteiger partial charge in [-0.3, -0.25) is 13.8 Å². The minimum Gasteiger partial charge on any atom is -0.768 e. The summed E-state index contributed by atoms with van der Waals surface area (Å²) in [5.74, 6) is -1.50. The van der Waals surface area contributed by atoms with Crippen molar-refractivity contribution in [3.05, 3.63) is 42.0 Å². The number of carbonyl (C=O) groups excluding carboxylic acids is 1. The van der Waals surface area contributed by atoms with Crippen molar-refractivity contribution < 1.29 is 23.5 Å². The molecule has 8 nitrogen and oxygen atoms in total. The number of nitrogens with two attached hydrogens (primary N) is 2. The van der Waals surface area contributed by atoms with E-state index in [9.17, 15) is 18.4 Å². The minimum absolute atomic E-state index is 0.0188. The standard InChI is InChI=1S/C17H21N3O5S/c18-13(17(22)23)7-8-16(21)20-9-14(19)11-4-1-5-12-10(11)3-2-6-15(12)26(24)25/h1-6,13-14H,7-9,18-19H2,(H,20,21)(H,22,23)(H,24,25)/p-1/t13-,14?/m0/s1. The highest BCUT2D eigenvalue weighted by Crippen LogP contribution is 2.27. The maximum atomic E-state index is 11.8. The van der Waals surface area contributed by atoms with Crippen LogP contribution < -0.4 is 16.8 Å². The summed E-state index contributed by atoms with van der Waals surface area (Å²) < 4.78 is 22.7. The fourth-order valence-electron chi connectivity index (χ4n) is 2.61. The Kier molecular flexibility index (Phi) is 6.81. The Balaban J connectivity index is 2.07. The molecule has 140 valence electrons. The molecule has 0 bridgehead atoms. The lowest BCUT2D eigenvalue weighted by molar-refractivity contribution is -0.138. The van der Waals surface area contributed by atoms with E-state index < -0.39 is 29.1 Å². The molecular weight excluding hydrogens is 358 g/mol. The van der Waals surface area contributed by atoms with Crippen LogP contribution in [-0.2, 0) is 20.7 Å². The third kappa shape index (κ3) is 4.85. The molecule has 2 unspecified atom stereocenters. The summed E-state index contributed by atoms with van der Waals surface area (Å²) in [6, 6.07) is 8.46. The number of hydrogen-bond acceptors (Lipinski definition) is 6. The number of carboxylic acids is 1. The van der Waals surface area contributed by atoms with Crippen molar-refractivity contribution in [2.24, 2.45) is 11.5 Å². The maximum Gasteiger partial charge on any atom is 0.320 e. The van der Waals surface area contributed by atoms with E-state index in [0.29, 0.717) is 16.3 Å². The van der Waals surface area contributed by atoms with Gasteiger partial charge in [-0.1, -0.05) is 30.3 Å². The third-order valence-corrected chi connectivity index (χ3v) is 4.73. The molecule has 0 aromatic heterocycles. The van der Waals surface area contributed by atoms with Crippen molar-refractivity contribution in [3.8, 4) is 0 Å². The van der Waals surface area contributed by atoms with Gasteiger partial charge in [-0.2, -0.15) is 0 Å². The molecule has 0 aliphatic heterocycles. The predicted molar refractivity (Wildman–Crippen MR) is 95.9 cm³/mol. The summed E-state index contributed by atoms with van der Waals surface area (Å²) in [6.07, 6.45) is 0.0123. The fraction of sp³-hybridized carbons (Fsp3) is 0.294. The van der Waals surface area contributed by atoms with Crippen LogP contribution in [0, 0.1) is 0 Å². The zero-order chi connectivity index (χ0) is 19.3. The van der Waals surface area contributed by atoms with Crippen LogP contribution in [0.3, 0.4) is 0 Å². The Morgan fingerprint density at radius 3 is 2.46 bits per heavy atom. The zero-order valence-corrected chi connectivity index (χ0v) is 14.7. The molecule has 0 fully saturated rings. The molecular formula is C17H20N3O5S-. The van der Waals surface area contributed by atoms with Gasteiger partial charge >= 0.3 is 5.97 Å². The lowest BCUT2D eigenvalue weighted by Crippen LogP contribution is -2.35. The molecule has 6 N–H and O–H groups in total. The molecule has 3 atom stereocenters. The van der Waals surface area contributed by atoms with Gasteiger partial charge in [0.05, 0.1) is 0 Å². The van der Waals surface area contributed by atoms with Crippen molar-refractivity contribution in [2.45, 2.75) is 29.8 Å². The number of fused-ring (bicyclic) bond motifs is 1. The second-order valence-electron chi connectivity index (χ2n) is 5.83. The van der Waals surface area contributed by atoms with Gasteiger partial charge in [0.2, 0.25) is 5.91 Å². The number of hydrogen-bond donors (Lipinski definition) is 4. The molecule has 0 saturated heterocycles. The first-order valence-electron chi connectivity index (χ1n) is 7.92. The lowest BCUT2D eigenvalue weighted by atomic mass is 9.99. The number of benzene rings is 2. The van der Waals surface area contributed by atoms with E-state index in [0.717, 1.165) is 0 Å². The maximum absolute atomic E-state index is 11.8. The summed E-state index contributed by atoms with van der Waals surface area (Å²) in [5.41, 5.74) is 12.2. The molecule has 0 saturated carbocycles. The van der Waals surface area contributed by atoms with E-state index in [-0.39, 0.29) is 30.2 Å². The van der Waals surface area contributed by atoms with Crippen LogP contribution in [0.15, 0.2) is 41.3 Å². The van der Waals surface area contributed by atoms with E-state index in [4.69, 9.17) is 16.6 Å². The first-order valence-corrected chi connectivity index (χ1v) is 9.00.